The third-order valence-electron chi connectivity index (χ3n) is 1.69. The molecule has 1 amide bonds. The number of hydrogen-bond acceptors (Lipinski definition) is 4. The lowest BCUT2D eigenvalue weighted by atomic mass is 10.2. The Labute approximate surface area is 106 Å². The number of nitro groups is 1. The van der Waals surface area contributed by atoms with Crippen molar-refractivity contribution in [1.29, 1.82) is 0 Å². The van der Waals surface area contributed by atoms with E-state index in [-0.39, 0.29) is 16.6 Å². The molecule has 0 spiro atoms. The molecule has 1 rings (SSSR count). The SMILES string of the molecule is O=CNc1cc(Br)c(OC(F)(F)F)cc1[N+](=O)[O-]. The smallest absolute Gasteiger partial charge is 0.404 e. The van der Waals surface area contributed by atoms with Crippen molar-refractivity contribution in [3.63, 3.8) is 0 Å². The van der Waals surface area contributed by atoms with E-state index in [1.807, 2.05) is 5.32 Å². The van der Waals surface area contributed by atoms with Crippen molar-refractivity contribution >= 4 is 33.7 Å². The minimum absolute atomic E-state index is 0.166. The van der Waals surface area contributed by atoms with Gasteiger partial charge >= 0.3 is 6.36 Å². The fourth-order valence-electron chi connectivity index (χ4n) is 1.08. The number of benzene rings is 1. The number of nitrogens with zero attached hydrogens (tertiary/aromatic N) is 1. The molecule has 18 heavy (non-hydrogen) atoms. The van der Waals surface area contributed by atoms with E-state index in [9.17, 15) is 28.1 Å². The van der Waals surface area contributed by atoms with E-state index in [1.165, 1.54) is 0 Å². The topological polar surface area (TPSA) is 81.5 Å². The molecule has 6 nitrogen and oxygen atoms in total. The first kappa shape index (κ1) is 14.2. The van der Waals surface area contributed by atoms with Gasteiger partial charge < -0.3 is 10.1 Å². The van der Waals surface area contributed by atoms with Gasteiger partial charge in [0.15, 0.2) is 5.75 Å². The lowest BCUT2D eigenvalue weighted by Gasteiger charge is -2.11. The van der Waals surface area contributed by atoms with Gasteiger partial charge in [-0.3, -0.25) is 14.9 Å². The van der Waals surface area contributed by atoms with Crippen molar-refractivity contribution in [1.82, 2.24) is 0 Å². The third-order valence-corrected chi connectivity index (χ3v) is 2.31. The molecule has 0 aliphatic carbocycles. The Morgan fingerprint density at radius 2 is 2.06 bits per heavy atom. The summed E-state index contributed by atoms with van der Waals surface area (Å²) in [5, 5.41) is 12.6. The molecule has 0 aliphatic heterocycles. The Morgan fingerprint density at radius 3 is 2.50 bits per heavy atom. The molecule has 0 saturated carbocycles. The molecule has 0 bridgehead atoms. The highest BCUT2D eigenvalue weighted by Crippen LogP contribution is 2.38. The van der Waals surface area contributed by atoms with Crippen LogP contribution in [0.15, 0.2) is 16.6 Å². The van der Waals surface area contributed by atoms with E-state index in [1.54, 1.807) is 0 Å². The second-order valence-electron chi connectivity index (χ2n) is 2.87. The zero-order chi connectivity index (χ0) is 13.9. The number of carbonyl (C=O) groups excluding carboxylic acids is 1. The van der Waals surface area contributed by atoms with Crippen LogP contribution >= 0.6 is 15.9 Å². The number of nitrogens with one attached hydrogen (secondary N) is 1. The van der Waals surface area contributed by atoms with Gasteiger partial charge in [-0.05, 0) is 22.0 Å². The molecule has 0 radical (unpaired) electrons. The van der Waals surface area contributed by atoms with E-state index in [4.69, 9.17) is 0 Å². The molecule has 98 valence electrons. The van der Waals surface area contributed by atoms with Gasteiger partial charge in [-0.15, -0.1) is 13.2 Å². The molecule has 10 heteroatoms. The standard InChI is InChI=1S/C8H4BrF3N2O4/c9-4-1-5(13-3-15)6(14(16)17)2-7(4)18-8(10,11)12/h1-3H,(H,13,15). The van der Waals surface area contributed by atoms with Crippen LogP contribution in [-0.2, 0) is 4.79 Å². The summed E-state index contributed by atoms with van der Waals surface area (Å²) in [6.07, 6.45) is -4.81. The first-order valence-electron chi connectivity index (χ1n) is 4.18. The van der Waals surface area contributed by atoms with Gasteiger partial charge in [0, 0.05) is 0 Å². The number of halogens is 4. The van der Waals surface area contributed by atoms with E-state index in [2.05, 4.69) is 20.7 Å². The Balaban J connectivity index is 3.27. The van der Waals surface area contributed by atoms with Crippen LogP contribution in [-0.4, -0.2) is 17.7 Å². The molecule has 1 aromatic carbocycles. The Kier molecular flexibility index (Phi) is 4.11. The highest BCUT2D eigenvalue weighted by atomic mass is 79.9. The number of alkyl halides is 3. The molecule has 0 aliphatic rings. The van der Waals surface area contributed by atoms with Crippen LogP contribution in [0.4, 0.5) is 24.5 Å². The summed E-state index contributed by atoms with van der Waals surface area (Å²) in [5.41, 5.74) is -0.971. The Morgan fingerprint density at radius 1 is 1.44 bits per heavy atom. The van der Waals surface area contributed by atoms with Gasteiger partial charge in [0.05, 0.1) is 15.5 Å². The predicted octanol–water partition coefficient (Wildman–Crippen LogP) is 2.82. The summed E-state index contributed by atoms with van der Waals surface area (Å²) < 4.78 is 39.5. The number of nitro benzene ring substituents is 1. The molecule has 1 aromatic rings. The summed E-state index contributed by atoms with van der Waals surface area (Å²) in [4.78, 5) is 19.9. The minimum Gasteiger partial charge on any atom is -0.404 e. The van der Waals surface area contributed by atoms with E-state index in [0.717, 1.165) is 6.07 Å². The number of amides is 1. The van der Waals surface area contributed by atoms with E-state index < -0.39 is 22.7 Å². The molecule has 1 N–H and O–H groups in total. The van der Waals surface area contributed by atoms with Gasteiger partial charge in [-0.1, -0.05) is 0 Å². The monoisotopic (exact) mass is 328 g/mol. The summed E-state index contributed by atoms with van der Waals surface area (Å²) in [6, 6.07) is 1.50. The van der Waals surface area contributed by atoms with Gasteiger partial charge in [0.2, 0.25) is 6.41 Å². The zero-order valence-corrected chi connectivity index (χ0v) is 9.91. The number of ether oxygens (including phenoxy) is 1. The van der Waals surface area contributed by atoms with Gasteiger partial charge in [-0.25, -0.2) is 0 Å². The van der Waals surface area contributed by atoms with Crippen molar-refractivity contribution in [3.05, 3.63) is 26.7 Å². The van der Waals surface area contributed by atoms with Crippen LogP contribution in [0.1, 0.15) is 0 Å². The normalized spacial score (nSPS) is 10.9. The average Bonchev–Trinajstić information content (AvgIpc) is 2.20. The highest BCUT2D eigenvalue weighted by Gasteiger charge is 2.33. The summed E-state index contributed by atoms with van der Waals surface area (Å²) >= 11 is 2.75. The van der Waals surface area contributed by atoms with Crippen molar-refractivity contribution in [2.45, 2.75) is 6.36 Å². The molecule has 0 aromatic heterocycles. The third kappa shape index (κ3) is 3.58. The minimum atomic E-state index is -4.98. The van der Waals surface area contributed by atoms with E-state index >= 15 is 0 Å². The zero-order valence-electron chi connectivity index (χ0n) is 8.32. The largest absolute Gasteiger partial charge is 0.573 e. The van der Waals surface area contributed by atoms with Crippen molar-refractivity contribution in [2.75, 3.05) is 5.32 Å². The average molecular weight is 329 g/mol. The fraction of sp³-hybridized carbons (Fsp3) is 0.125. The molecule has 0 fully saturated rings. The number of hydrogen-bond donors (Lipinski definition) is 1. The summed E-state index contributed by atoms with van der Waals surface area (Å²) in [7, 11) is 0. The molecule has 0 saturated heterocycles. The Bertz CT molecular complexity index is 492. The molecular weight excluding hydrogens is 325 g/mol. The quantitative estimate of drug-likeness (QED) is 0.523. The Hall–Kier alpha value is -1.84. The van der Waals surface area contributed by atoms with Crippen LogP contribution in [0.25, 0.3) is 0 Å². The number of rotatable bonds is 4. The van der Waals surface area contributed by atoms with Gasteiger partial charge in [0.1, 0.15) is 5.69 Å². The molecular formula is C8H4BrF3N2O4. The van der Waals surface area contributed by atoms with Crippen LogP contribution in [0.5, 0.6) is 5.75 Å². The number of carbonyl (C=O) groups is 1. The molecule has 0 atom stereocenters. The first-order chi connectivity index (χ1) is 8.24. The maximum absolute atomic E-state index is 12.0. The maximum atomic E-state index is 12.0. The summed E-state index contributed by atoms with van der Waals surface area (Å²) in [5.74, 6) is -0.773. The lowest BCUT2D eigenvalue weighted by Crippen LogP contribution is -2.17. The lowest BCUT2D eigenvalue weighted by molar-refractivity contribution is -0.384. The van der Waals surface area contributed by atoms with Crippen LogP contribution in [0.3, 0.4) is 0 Å². The van der Waals surface area contributed by atoms with Crippen molar-refractivity contribution < 1.29 is 27.6 Å². The molecule has 0 unspecified atom stereocenters. The number of anilines is 1. The van der Waals surface area contributed by atoms with Crippen molar-refractivity contribution in [2.24, 2.45) is 0 Å². The second-order valence-corrected chi connectivity index (χ2v) is 3.72. The van der Waals surface area contributed by atoms with Gasteiger partial charge in [-0.2, -0.15) is 0 Å². The van der Waals surface area contributed by atoms with Crippen LogP contribution < -0.4 is 10.1 Å². The van der Waals surface area contributed by atoms with Crippen molar-refractivity contribution in [3.8, 4) is 5.75 Å². The second kappa shape index (κ2) is 5.21. The first-order valence-corrected chi connectivity index (χ1v) is 4.98. The summed E-state index contributed by atoms with van der Waals surface area (Å²) in [6.45, 7) is 0. The maximum Gasteiger partial charge on any atom is 0.573 e. The van der Waals surface area contributed by atoms with E-state index in [0.29, 0.717) is 6.07 Å². The highest BCUT2D eigenvalue weighted by molar-refractivity contribution is 9.10. The van der Waals surface area contributed by atoms with Crippen LogP contribution in [0.2, 0.25) is 0 Å². The predicted molar refractivity (Wildman–Crippen MR) is 57.2 cm³/mol. The molecule has 0 heterocycles. The van der Waals surface area contributed by atoms with Crippen LogP contribution in [0, 0.1) is 10.1 Å². The fourth-order valence-corrected chi connectivity index (χ4v) is 1.50. The van der Waals surface area contributed by atoms with Gasteiger partial charge in [0.25, 0.3) is 5.69 Å².